The molecule has 2 aliphatic rings. The second-order valence-corrected chi connectivity index (χ2v) is 11.8. The molecule has 1 aromatic heterocycles. The number of hydrogen-bond donors (Lipinski definition) is 2. The standard InChI is InChI=1S/C26H36N4O3S/c1-20-3-5-24(6-4-20)34(32,33)29-21(2)19-28-25(31)22-7-11-26(12-8-22)13-17-30(18-14-26)23-9-15-27-16-10-23/h3-6,9-10,15-16,21-22,29H,7-8,11-14,17-19H2,1-2H3,(H,28,31)/t21-/m1/s1. The summed E-state index contributed by atoms with van der Waals surface area (Å²) in [5.41, 5.74) is 2.61. The zero-order valence-electron chi connectivity index (χ0n) is 20.2. The van der Waals surface area contributed by atoms with Gasteiger partial charge in [0.05, 0.1) is 4.90 Å². The molecular formula is C26H36N4O3S. The molecule has 2 heterocycles. The topological polar surface area (TPSA) is 91.4 Å². The van der Waals surface area contributed by atoms with Gasteiger partial charge < -0.3 is 10.2 Å². The van der Waals surface area contributed by atoms with Gasteiger partial charge in [0.2, 0.25) is 15.9 Å². The number of anilines is 1. The van der Waals surface area contributed by atoms with Crippen LogP contribution in [0.25, 0.3) is 0 Å². The molecule has 34 heavy (non-hydrogen) atoms. The largest absolute Gasteiger partial charge is 0.371 e. The van der Waals surface area contributed by atoms with Crippen LogP contribution in [0.1, 0.15) is 51.0 Å². The SMILES string of the molecule is Cc1ccc(S(=O)(=O)N[C@H](C)CNC(=O)C2CCC3(CC2)CCN(c2ccncc2)CC3)cc1. The lowest BCUT2D eigenvalue weighted by atomic mass is 9.65. The van der Waals surface area contributed by atoms with Crippen molar-refractivity contribution in [3.63, 3.8) is 0 Å². The number of nitrogens with one attached hydrogen (secondary N) is 2. The molecule has 0 radical (unpaired) electrons. The average Bonchev–Trinajstić information content (AvgIpc) is 2.84. The summed E-state index contributed by atoms with van der Waals surface area (Å²) in [5.74, 6) is 0.0650. The van der Waals surface area contributed by atoms with Crippen LogP contribution in [-0.4, -0.2) is 45.0 Å². The van der Waals surface area contributed by atoms with Crippen molar-refractivity contribution >= 4 is 21.6 Å². The van der Waals surface area contributed by atoms with E-state index in [0.717, 1.165) is 44.3 Å². The quantitative estimate of drug-likeness (QED) is 0.626. The van der Waals surface area contributed by atoms with Gasteiger partial charge in [-0.3, -0.25) is 9.78 Å². The molecule has 0 unspecified atom stereocenters. The van der Waals surface area contributed by atoms with Gasteiger partial charge in [0.1, 0.15) is 0 Å². The molecule has 1 aromatic carbocycles. The third kappa shape index (κ3) is 5.96. The third-order valence-electron chi connectivity index (χ3n) is 7.54. The van der Waals surface area contributed by atoms with Gasteiger partial charge in [-0.1, -0.05) is 17.7 Å². The van der Waals surface area contributed by atoms with Gasteiger partial charge in [0.15, 0.2) is 0 Å². The van der Waals surface area contributed by atoms with Crippen molar-refractivity contribution in [2.45, 2.75) is 63.3 Å². The van der Waals surface area contributed by atoms with E-state index in [9.17, 15) is 13.2 Å². The normalized spacial score (nSPS) is 19.6. The second kappa shape index (κ2) is 10.4. The van der Waals surface area contributed by atoms with E-state index in [1.54, 1.807) is 31.2 Å². The predicted octanol–water partition coefficient (Wildman–Crippen LogP) is 3.65. The number of benzene rings is 1. The van der Waals surface area contributed by atoms with E-state index >= 15 is 0 Å². The number of piperidine rings is 1. The molecule has 1 aliphatic carbocycles. The number of hydrogen-bond acceptors (Lipinski definition) is 5. The molecule has 4 rings (SSSR count). The number of sulfonamides is 1. The van der Waals surface area contributed by atoms with E-state index in [4.69, 9.17) is 0 Å². The summed E-state index contributed by atoms with van der Waals surface area (Å²) in [7, 11) is -3.60. The average molecular weight is 485 g/mol. The van der Waals surface area contributed by atoms with E-state index in [-0.39, 0.29) is 29.3 Å². The van der Waals surface area contributed by atoms with Crippen LogP contribution in [0.15, 0.2) is 53.7 Å². The minimum absolute atomic E-state index is 0.0183. The minimum Gasteiger partial charge on any atom is -0.371 e. The highest BCUT2D eigenvalue weighted by Gasteiger charge is 2.39. The molecule has 2 N–H and O–H groups in total. The molecule has 2 fully saturated rings. The Labute approximate surface area is 203 Å². The maximum atomic E-state index is 12.8. The summed E-state index contributed by atoms with van der Waals surface area (Å²) in [6.45, 7) is 6.09. The van der Waals surface area contributed by atoms with Crippen LogP contribution >= 0.6 is 0 Å². The fourth-order valence-corrected chi connectivity index (χ4v) is 6.52. The number of pyridine rings is 1. The van der Waals surface area contributed by atoms with Gasteiger partial charge in [-0.25, -0.2) is 13.1 Å². The Morgan fingerprint density at radius 1 is 1.06 bits per heavy atom. The lowest BCUT2D eigenvalue weighted by molar-refractivity contribution is -0.127. The molecule has 1 amide bonds. The van der Waals surface area contributed by atoms with Crippen LogP contribution in [0.2, 0.25) is 0 Å². The lowest BCUT2D eigenvalue weighted by Crippen LogP contribution is -2.46. The second-order valence-electron chi connectivity index (χ2n) is 10.0. The molecule has 184 valence electrons. The summed E-state index contributed by atoms with van der Waals surface area (Å²) < 4.78 is 27.8. The number of carbonyl (C=O) groups is 1. The predicted molar refractivity (Wildman–Crippen MR) is 134 cm³/mol. The molecule has 7 nitrogen and oxygen atoms in total. The van der Waals surface area contributed by atoms with Gasteiger partial charge in [-0.15, -0.1) is 0 Å². The Morgan fingerprint density at radius 3 is 2.29 bits per heavy atom. The van der Waals surface area contributed by atoms with E-state index in [1.807, 2.05) is 19.3 Å². The summed E-state index contributed by atoms with van der Waals surface area (Å²) in [6.07, 6.45) is 10.0. The number of carbonyl (C=O) groups excluding carboxylic acids is 1. The Morgan fingerprint density at radius 2 is 1.68 bits per heavy atom. The van der Waals surface area contributed by atoms with Crippen LogP contribution in [0.5, 0.6) is 0 Å². The molecule has 1 saturated heterocycles. The van der Waals surface area contributed by atoms with Gasteiger partial charge in [-0.05, 0) is 82.1 Å². The number of amides is 1. The molecule has 0 bridgehead atoms. The Balaban J connectivity index is 1.21. The minimum atomic E-state index is -3.60. The summed E-state index contributed by atoms with van der Waals surface area (Å²) in [6, 6.07) is 10.5. The highest BCUT2D eigenvalue weighted by Crippen LogP contribution is 2.46. The van der Waals surface area contributed by atoms with Crippen molar-refractivity contribution in [1.29, 1.82) is 0 Å². The van der Waals surface area contributed by atoms with E-state index in [0.29, 0.717) is 5.41 Å². The fraction of sp³-hybridized carbons (Fsp3) is 0.538. The van der Waals surface area contributed by atoms with Crippen LogP contribution in [0.4, 0.5) is 5.69 Å². The van der Waals surface area contributed by atoms with Crippen LogP contribution in [0.3, 0.4) is 0 Å². The van der Waals surface area contributed by atoms with Crippen molar-refractivity contribution in [3.05, 3.63) is 54.4 Å². The Bertz CT molecular complexity index is 1050. The molecule has 1 atom stereocenters. The molecular weight excluding hydrogens is 448 g/mol. The van der Waals surface area contributed by atoms with Crippen LogP contribution in [-0.2, 0) is 14.8 Å². The molecule has 1 spiro atoms. The van der Waals surface area contributed by atoms with Crippen molar-refractivity contribution in [3.8, 4) is 0 Å². The zero-order chi connectivity index (χ0) is 24.2. The van der Waals surface area contributed by atoms with Gasteiger partial charge in [0, 0.05) is 49.7 Å². The molecule has 8 heteroatoms. The van der Waals surface area contributed by atoms with Gasteiger partial charge in [-0.2, -0.15) is 0 Å². The zero-order valence-corrected chi connectivity index (χ0v) is 21.0. The van der Waals surface area contributed by atoms with E-state index < -0.39 is 10.0 Å². The number of rotatable bonds is 7. The van der Waals surface area contributed by atoms with Gasteiger partial charge in [0.25, 0.3) is 0 Å². The van der Waals surface area contributed by atoms with E-state index in [1.165, 1.54) is 18.5 Å². The van der Waals surface area contributed by atoms with Crippen molar-refractivity contribution in [1.82, 2.24) is 15.0 Å². The maximum absolute atomic E-state index is 12.8. The first kappa shape index (κ1) is 24.7. The number of aromatic nitrogens is 1. The van der Waals surface area contributed by atoms with Gasteiger partial charge >= 0.3 is 0 Å². The maximum Gasteiger partial charge on any atom is 0.240 e. The third-order valence-corrected chi connectivity index (χ3v) is 9.14. The summed E-state index contributed by atoms with van der Waals surface area (Å²) in [5, 5.41) is 2.98. The number of nitrogens with zero attached hydrogens (tertiary/aromatic N) is 2. The van der Waals surface area contributed by atoms with Crippen LogP contribution < -0.4 is 14.9 Å². The summed E-state index contributed by atoms with van der Waals surface area (Å²) >= 11 is 0. The monoisotopic (exact) mass is 484 g/mol. The smallest absolute Gasteiger partial charge is 0.240 e. The Kier molecular flexibility index (Phi) is 7.57. The van der Waals surface area contributed by atoms with Crippen molar-refractivity contribution in [2.24, 2.45) is 11.3 Å². The Hall–Kier alpha value is -2.45. The molecule has 1 saturated carbocycles. The summed E-state index contributed by atoms with van der Waals surface area (Å²) in [4.78, 5) is 19.6. The van der Waals surface area contributed by atoms with Crippen LogP contribution in [0, 0.1) is 18.3 Å². The van der Waals surface area contributed by atoms with Crippen molar-refractivity contribution in [2.75, 3.05) is 24.5 Å². The molecule has 1 aliphatic heterocycles. The highest BCUT2D eigenvalue weighted by atomic mass is 32.2. The first-order valence-electron chi connectivity index (χ1n) is 12.3. The highest BCUT2D eigenvalue weighted by molar-refractivity contribution is 7.89. The number of aryl methyl sites for hydroxylation is 1. The lowest BCUT2D eigenvalue weighted by Gasteiger charge is -2.46. The fourth-order valence-electron chi connectivity index (χ4n) is 5.28. The van der Waals surface area contributed by atoms with Crippen molar-refractivity contribution < 1.29 is 13.2 Å². The van der Waals surface area contributed by atoms with E-state index in [2.05, 4.69) is 32.1 Å². The first-order chi connectivity index (χ1) is 16.3. The first-order valence-corrected chi connectivity index (χ1v) is 13.8. The molecule has 2 aromatic rings.